The van der Waals surface area contributed by atoms with Crippen molar-refractivity contribution in [1.82, 2.24) is 5.32 Å². The minimum Gasteiger partial charge on any atom is -0.314 e. The lowest BCUT2D eigenvalue weighted by Gasteiger charge is -2.12. The van der Waals surface area contributed by atoms with E-state index >= 15 is 0 Å². The van der Waals surface area contributed by atoms with E-state index in [0.29, 0.717) is 0 Å². The average molecular weight is 217 g/mol. The second kappa shape index (κ2) is 5.49. The van der Waals surface area contributed by atoms with E-state index in [9.17, 15) is 0 Å². The molecule has 1 aliphatic rings. The predicted molar refractivity (Wildman–Crippen MR) is 69.7 cm³/mol. The Balaban J connectivity index is 1.71. The maximum Gasteiger partial charge on any atom is 0.00671 e. The lowest BCUT2D eigenvalue weighted by molar-refractivity contribution is 0.500. The van der Waals surface area contributed by atoms with Gasteiger partial charge in [0.2, 0.25) is 0 Å². The van der Waals surface area contributed by atoms with Gasteiger partial charge in [0.25, 0.3) is 0 Å². The van der Waals surface area contributed by atoms with Gasteiger partial charge in [0.05, 0.1) is 0 Å². The molecule has 0 amide bonds. The molecule has 1 aromatic carbocycles. The number of hydrogen-bond donors (Lipinski definition) is 1. The van der Waals surface area contributed by atoms with Crippen molar-refractivity contribution in [2.24, 2.45) is 5.92 Å². The van der Waals surface area contributed by atoms with E-state index < -0.39 is 0 Å². The van der Waals surface area contributed by atoms with Crippen LogP contribution < -0.4 is 5.32 Å². The Hall–Kier alpha value is -0.820. The fourth-order valence-corrected chi connectivity index (χ4v) is 2.15. The van der Waals surface area contributed by atoms with Gasteiger partial charge in [0.1, 0.15) is 0 Å². The molecule has 0 heterocycles. The zero-order valence-corrected chi connectivity index (χ0v) is 10.5. The first-order valence-electron chi connectivity index (χ1n) is 6.60. The highest BCUT2D eigenvalue weighted by Gasteiger charge is 2.27. The average Bonchev–Trinajstić information content (AvgIpc) is 3.14. The smallest absolute Gasteiger partial charge is 0.00671 e. The van der Waals surface area contributed by atoms with E-state index in [1.165, 1.54) is 24.0 Å². The molecular formula is C15H23N. The van der Waals surface area contributed by atoms with Gasteiger partial charge < -0.3 is 5.32 Å². The molecule has 1 N–H and O–H groups in total. The van der Waals surface area contributed by atoms with Crippen LogP contribution in [0.3, 0.4) is 0 Å². The summed E-state index contributed by atoms with van der Waals surface area (Å²) in [5, 5.41) is 3.62. The molecule has 1 unspecified atom stereocenters. The van der Waals surface area contributed by atoms with Gasteiger partial charge in [-0.25, -0.2) is 0 Å². The van der Waals surface area contributed by atoms with Gasteiger partial charge in [0.15, 0.2) is 0 Å². The largest absolute Gasteiger partial charge is 0.314 e. The standard InChI is InChI=1S/C15H23N/c1-3-13-4-6-14(7-5-13)10-11-16-12(2)15-8-9-15/h4-7,12,15-16H,3,8-11H2,1-2H3. The summed E-state index contributed by atoms with van der Waals surface area (Å²) in [6, 6.07) is 9.75. The van der Waals surface area contributed by atoms with Crippen molar-refractivity contribution in [1.29, 1.82) is 0 Å². The molecule has 1 fully saturated rings. The number of benzene rings is 1. The van der Waals surface area contributed by atoms with Gasteiger partial charge in [-0.05, 0) is 56.2 Å². The molecule has 88 valence electrons. The van der Waals surface area contributed by atoms with Crippen LogP contribution >= 0.6 is 0 Å². The Bertz CT molecular complexity index is 311. The van der Waals surface area contributed by atoms with E-state index in [1.54, 1.807) is 0 Å². The van der Waals surface area contributed by atoms with E-state index in [0.717, 1.165) is 31.3 Å². The molecule has 0 saturated heterocycles. The number of aryl methyl sites for hydroxylation is 1. The van der Waals surface area contributed by atoms with Gasteiger partial charge in [-0.3, -0.25) is 0 Å². The summed E-state index contributed by atoms with van der Waals surface area (Å²) in [4.78, 5) is 0. The van der Waals surface area contributed by atoms with E-state index in [4.69, 9.17) is 0 Å². The molecule has 1 saturated carbocycles. The van der Waals surface area contributed by atoms with Gasteiger partial charge in [-0.15, -0.1) is 0 Å². The quantitative estimate of drug-likeness (QED) is 0.771. The van der Waals surface area contributed by atoms with Crippen LogP contribution in [0.4, 0.5) is 0 Å². The van der Waals surface area contributed by atoms with Crippen LogP contribution in [0, 0.1) is 5.92 Å². The minimum atomic E-state index is 0.718. The van der Waals surface area contributed by atoms with E-state index in [-0.39, 0.29) is 0 Å². The van der Waals surface area contributed by atoms with Gasteiger partial charge >= 0.3 is 0 Å². The third-order valence-corrected chi connectivity index (χ3v) is 3.64. The molecule has 0 radical (unpaired) electrons. The van der Waals surface area contributed by atoms with Gasteiger partial charge in [0, 0.05) is 6.04 Å². The Labute approximate surface area is 99.3 Å². The molecule has 1 aliphatic carbocycles. The van der Waals surface area contributed by atoms with Crippen molar-refractivity contribution < 1.29 is 0 Å². The van der Waals surface area contributed by atoms with Crippen LogP contribution in [0.1, 0.15) is 37.8 Å². The molecule has 2 rings (SSSR count). The molecule has 16 heavy (non-hydrogen) atoms. The Kier molecular flexibility index (Phi) is 4.00. The molecule has 1 aromatic rings. The summed E-state index contributed by atoms with van der Waals surface area (Å²) in [5.74, 6) is 0.961. The van der Waals surface area contributed by atoms with Crippen molar-refractivity contribution >= 4 is 0 Å². The highest BCUT2D eigenvalue weighted by atomic mass is 14.9. The molecule has 1 heteroatoms. The first-order valence-corrected chi connectivity index (χ1v) is 6.60. The van der Waals surface area contributed by atoms with Crippen molar-refractivity contribution in [2.75, 3.05) is 6.54 Å². The molecule has 0 spiro atoms. The summed E-state index contributed by atoms with van der Waals surface area (Å²) < 4.78 is 0. The summed E-state index contributed by atoms with van der Waals surface area (Å²) in [6.07, 6.45) is 5.15. The Morgan fingerprint density at radius 2 is 1.81 bits per heavy atom. The van der Waals surface area contributed by atoms with Crippen LogP contribution in [0.25, 0.3) is 0 Å². The molecule has 0 aliphatic heterocycles. The normalized spacial score (nSPS) is 17.4. The van der Waals surface area contributed by atoms with Crippen LogP contribution in [-0.4, -0.2) is 12.6 Å². The zero-order chi connectivity index (χ0) is 11.4. The van der Waals surface area contributed by atoms with Crippen LogP contribution in [0.15, 0.2) is 24.3 Å². The zero-order valence-electron chi connectivity index (χ0n) is 10.5. The maximum absolute atomic E-state index is 3.62. The minimum absolute atomic E-state index is 0.718. The fraction of sp³-hybridized carbons (Fsp3) is 0.600. The Morgan fingerprint density at radius 1 is 1.19 bits per heavy atom. The maximum atomic E-state index is 3.62. The first-order chi connectivity index (χ1) is 7.79. The molecule has 0 bridgehead atoms. The van der Waals surface area contributed by atoms with Crippen molar-refractivity contribution in [3.05, 3.63) is 35.4 Å². The second-order valence-corrected chi connectivity index (χ2v) is 5.00. The van der Waals surface area contributed by atoms with Crippen LogP contribution in [-0.2, 0) is 12.8 Å². The number of hydrogen-bond acceptors (Lipinski definition) is 1. The molecular weight excluding hydrogens is 194 g/mol. The van der Waals surface area contributed by atoms with E-state index in [1.807, 2.05) is 0 Å². The summed E-state index contributed by atoms with van der Waals surface area (Å²) in [6.45, 7) is 5.63. The second-order valence-electron chi connectivity index (χ2n) is 5.00. The molecule has 1 nitrogen and oxygen atoms in total. The SMILES string of the molecule is CCc1ccc(CCNC(C)C2CC2)cc1. The van der Waals surface area contributed by atoms with Crippen LogP contribution in [0.5, 0.6) is 0 Å². The number of nitrogens with one attached hydrogen (secondary N) is 1. The van der Waals surface area contributed by atoms with Crippen molar-refractivity contribution in [3.63, 3.8) is 0 Å². The monoisotopic (exact) mass is 217 g/mol. The Morgan fingerprint density at radius 3 is 2.38 bits per heavy atom. The lowest BCUT2D eigenvalue weighted by atomic mass is 10.1. The van der Waals surface area contributed by atoms with Crippen molar-refractivity contribution in [3.8, 4) is 0 Å². The van der Waals surface area contributed by atoms with E-state index in [2.05, 4.69) is 43.4 Å². The summed E-state index contributed by atoms with van der Waals surface area (Å²) in [5.41, 5.74) is 2.88. The van der Waals surface area contributed by atoms with Gasteiger partial charge in [-0.1, -0.05) is 31.2 Å². The fourth-order valence-electron chi connectivity index (χ4n) is 2.15. The predicted octanol–water partition coefficient (Wildman–Crippen LogP) is 3.18. The first kappa shape index (κ1) is 11.7. The van der Waals surface area contributed by atoms with Crippen LogP contribution in [0.2, 0.25) is 0 Å². The summed E-state index contributed by atoms with van der Waals surface area (Å²) >= 11 is 0. The highest BCUT2D eigenvalue weighted by molar-refractivity contribution is 5.22. The van der Waals surface area contributed by atoms with Gasteiger partial charge in [-0.2, -0.15) is 0 Å². The lowest BCUT2D eigenvalue weighted by Crippen LogP contribution is -2.29. The third kappa shape index (κ3) is 3.34. The third-order valence-electron chi connectivity index (χ3n) is 3.64. The summed E-state index contributed by atoms with van der Waals surface area (Å²) in [7, 11) is 0. The molecule has 1 atom stereocenters. The molecule has 0 aromatic heterocycles. The highest BCUT2D eigenvalue weighted by Crippen LogP contribution is 2.32. The number of rotatable bonds is 6. The topological polar surface area (TPSA) is 12.0 Å². The van der Waals surface area contributed by atoms with Crippen molar-refractivity contribution in [2.45, 2.75) is 45.6 Å².